The zero-order chi connectivity index (χ0) is 12.3. The molecular weight excluding hydrogens is 223 g/mol. The Morgan fingerprint density at radius 1 is 1.31 bits per heavy atom. The van der Waals surface area contributed by atoms with Crippen LogP contribution in [0.4, 0.5) is 13.2 Å². The number of hydrogen-bond donors (Lipinski definition) is 1. The van der Waals surface area contributed by atoms with Gasteiger partial charge in [-0.15, -0.1) is 0 Å². The second-order valence-electron chi connectivity index (χ2n) is 3.04. The first-order valence-corrected chi connectivity index (χ1v) is 4.28. The Morgan fingerprint density at radius 2 is 1.94 bits per heavy atom. The fourth-order valence-corrected chi connectivity index (χ4v) is 1.16. The number of hydrogen-bond acceptors (Lipinski definition) is 2. The summed E-state index contributed by atoms with van der Waals surface area (Å²) in [5.74, 6) is -0.672. The van der Waals surface area contributed by atoms with Crippen LogP contribution in [0.5, 0.6) is 0 Å². The molecule has 0 heterocycles. The monoisotopic (exact) mass is 231 g/mol. The minimum atomic E-state index is -4.58. The van der Waals surface area contributed by atoms with Crippen molar-refractivity contribution in [1.29, 1.82) is 0 Å². The topological polar surface area (TPSA) is 46.2 Å². The van der Waals surface area contributed by atoms with Gasteiger partial charge < -0.3 is 5.32 Å². The maximum absolute atomic E-state index is 12.4. The van der Waals surface area contributed by atoms with Gasteiger partial charge in [-0.05, 0) is 18.2 Å². The van der Waals surface area contributed by atoms with Gasteiger partial charge in [-0.2, -0.15) is 13.2 Å². The van der Waals surface area contributed by atoms with E-state index in [0.717, 1.165) is 6.07 Å². The van der Waals surface area contributed by atoms with E-state index in [1.165, 1.54) is 7.05 Å². The quantitative estimate of drug-likeness (QED) is 0.790. The third-order valence-corrected chi connectivity index (χ3v) is 1.91. The van der Waals surface area contributed by atoms with Crippen molar-refractivity contribution < 1.29 is 22.8 Å². The average Bonchev–Trinajstić information content (AvgIpc) is 2.26. The molecular formula is C10H8F3NO2. The third kappa shape index (κ3) is 2.59. The molecule has 6 heteroatoms. The Bertz CT molecular complexity index is 427. The minimum absolute atomic E-state index is 0.187. The molecule has 0 atom stereocenters. The Labute approximate surface area is 89.3 Å². The predicted octanol–water partition coefficient (Wildman–Crippen LogP) is 1.88. The molecule has 0 bridgehead atoms. The number of amides is 1. The first kappa shape index (κ1) is 12.2. The molecule has 0 fully saturated rings. The number of carbonyl (C=O) groups excluding carboxylic acids is 2. The van der Waals surface area contributed by atoms with Gasteiger partial charge in [0.1, 0.15) is 6.29 Å². The summed E-state index contributed by atoms with van der Waals surface area (Å²) in [5.41, 5.74) is -1.40. The Kier molecular flexibility index (Phi) is 3.31. The van der Waals surface area contributed by atoms with Gasteiger partial charge in [-0.25, -0.2) is 0 Å². The molecule has 16 heavy (non-hydrogen) atoms. The van der Waals surface area contributed by atoms with Crippen molar-refractivity contribution in [1.82, 2.24) is 5.32 Å². The summed E-state index contributed by atoms with van der Waals surface area (Å²) in [4.78, 5) is 21.6. The fourth-order valence-electron chi connectivity index (χ4n) is 1.16. The maximum Gasteiger partial charge on any atom is 0.416 e. The molecule has 86 valence electrons. The number of benzene rings is 1. The summed E-state index contributed by atoms with van der Waals surface area (Å²) in [6.45, 7) is 0. The van der Waals surface area contributed by atoms with Crippen LogP contribution in [-0.2, 0) is 6.18 Å². The molecule has 0 spiro atoms. The van der Waals surface area contributed by atoms with Crippen LogP contribution in [0.15, 0.2) is 18.2 Å². The first-order valence-electron chi connectivity index (χ1n) is 4.28. The summed E-state index contributed by atoms with van der Waals surface area (Å²) in [5, 5.41) is 2.19. The van der Waals surface area contributed by atoms with Gasteiger partial charge in [0.05, 0.1) is 5.56 Å². The molecule has 0 unspecified atom stereocenters. The van der Waals surface area contributed by atoms with E-state index >= 15 is 0 Å². The minimum Gasteiger partial charge on any atom is -0.355 e. The number of halogens is 3. The summed E-state index contributed by atoms with van der Waals surface area (Å²) in [6.07, 6.45) is -4.32. The summed E-state index contributed by atoms with van der Waals surface area (Å²) < 4.78 is 37.2. The molecule has 0 aliphatic rings. The maximum atomic E-state index is 12.4. The van der Waals surface area contributed by atoms with Crippen LogP contribution in [-0.4, -0.2) is 19.2 Å². The second kappa shape index (κ2) is 4.34. The number of rotatable bonds is 2. The highest BCUT2D eigenvalue weighted by atomic mass is 19.4. The van der Waals surface area contributed by atoms with E-state index in [4.69, 9.17) is 0 Å². The number of aldehydes is 1. The van der Waals surface area contributed by atoms with Crippen LogP contribution in [0, 0.1) is 0 Å². The molecule has 0 aliphatic heterocycles. The molecule has 1 aromatic carbocycles. The Morgan fingerprint density at radius 3 is 2.38 bits per heavy atom. The molecule has 0 saturated heterocycles. The zero-order valence-corrected chi connectivity index (χ0v) is 8.26. The van der Waals surface area contributed by atoms with E-state index in [-0.39, 0.29) is 17.4 Å². The van der Waals surface area contributed by atoms with Crippen LogP contribution in [0.25, 0.3) is 0 Å². The van der Waals surface area contributed by atoms with E-state index in [0.29, 0.717) is 12.1 Å². The molecule has 1 N–H and O–H groups in total. The Balaban J connectivity index is 3.32. The van der Waals surface area contributed by atoms with Crippen molar-refractivity contribution in [2.24, 2.45) is 0 Å². The molecule has 0 saturated carbocycles. The highest BCUT2D eigenvalue weighted by Crippen LogP contribution is 2.30. The summed E-state index contributed by atoms with van der Waals surface area (Å²) in [7, 11) is 1.29. The molecule has 1 aromatic rings. The van der Waals surface area contributed by atoms with Crippen LogP contribution < -0.4 is 5.32 Å². The van der Waals surface area contributed by atoms with E-state index in [1.54, 1.807) is 0 Å². The lowest BCUT2D eigenvalue weighted by Crippen LogP contribution is -2.19. The summed E-state index contributed by atoms with van der Waals surface area (Å²) in [6, 6.07) is 2.49. The van der Waals surface area contributed by atoms with E-state index < -0.39 is 17.6 Å². The molecule has 1 amide bonds. The Hall–Kier alpha value is -1.85. The second-order valence-corrected chi connectivity index (χ2v) is 3.04. The van der Waals surface area contributed by atoms with Crippen LogP contribution >= 0.6 is 0 Å². The third-order valence-electron chi connectivity index (χ3n) is 1.91. The van der Waals surface area contributed by atoms with E-state index in [9.17, 15) is 22.8 Å². The predicted molar refractivity (Wildman–Crippen MR) is 50.2 cm³/mol. The lowest BCUT2D eigenvalue weighted by molar-refractivity contribution is -0.137. The van der Waals surface area contributed by atoms with Gasteiger partial charge in [-0.1, -0.05) is 0 Å². The smallest absolute Gasteiger partial charge is 0.355 e. The van der Waals surface area contributed by atoms with Crippen LogP contribution in [0.2, 0.25) is 0 Å². The number of carbonyl (C=O) groups is 2. The molecule has 0 aromatic heterocycles. The molecule has 0 aliphatic carbocycles. The molecule has 1 rings (SSSR count). The van der Waals surface area contributed by atoms with Crippen molar-refractivity contribution in [3.05, 3.63) is 34.9 Å². The molecule has 3 nitrogen and oxygen atoms in total. The van der Waals surface area contributed by atoms with E-state index in [1.807, 2.05) is 0 Å². The van der Waals surface area contributed by atoms with Gasteiger partial charge >= 0.3 is 6.18 Å². The van der Waals surface area contributed by atoms with Gasteiger partial charge in [0.2, 0.25) is 0 Å². The van der Waals surface area contributed by atoms with Crippen LogP contribution in [0.1, 0.15) is 26.3 Å². The number of nitrogens with one attached hydrogen (secondary N) is 1. The lowest BCUT2D eigenvalue weighted by atomic mass is 10.1. The SMILES string of the molecule is CNC(=O)c1cc(C=O)cc(C(F)(F)F)c1. The number of alkyl halides is 3. The zero-order valence-electron chi connectivity index (χ0n) is 8.26. The standard InChI is InChI=1S/C10H8F3NO2/c1-14-9(16)7-2-6(5-15)3-8(4-7)10(11,12)13/h2-5H,1H3,(H,14,16). The highest BCUT2D eigenvalue weighted by Gasteiger charge is 2.31. The van der Waals surface area contributed by atoms with Gasteiger partial charge in [0, 0.05) is 18.2 Å². The fraction of sp³-hybridized carbons (Fsp3) is 0.200. The van der Waals surface area contributed by atoms with Gasteiger partial charge in [0.15, 0.2) is 0 Å². The van der Waals surface area contributed by atoms with Crippen LogP contribution in [0.3, 0.4) is 0 Å². The van der Waals surface area contributed by atoms with Crippen molar-refractivity contribution in [3.8, 4) is 0 Å². The van der Waals surface area contributed by atoms with E-state index in [2.05, 4.69) is 5.32 Å². The van der Waals surface area contributed by atoms with Crippen molar-refractivity contribution in [2.75, 3.05) is 7.05 Å². The average molecular weight is 231 g/mol. The summed E-state index contributed by atoms with van der Waals surface area (Å²) >= 11 is 0. The van der Waals surface area contributed by atoms with Crippen molar-refractivity contribution in [3.63, 3.8) is 0 Å². The van der Waals surface area contributed by atoms with Crippen molar-refractivity contribution in [2.45, 2.75) is 6.18 Å². The highest BCUT2D eigenvalue weighted by molar-refractivity contribution is 5.95. The lowest BCUT2D eigenvalue weighted by Gasteiger charge is -2.09. The first-order chi connectivity index (χ1) is 7.38. The van der Waals surface area contributed by atoms with Gasteiger partial charge in [-0.3, -0.25) is 9.59 Å². The largest absolute Gasteiger partial charge is 0.416 e. The van der Waals surface area contributed by atoms with Gasteiger partial charge in [0.25, 0.3) is 5.91 Å². The van der Waals surface area contributed by atoms with Crippen molar-refractivity contribution >= 4 is 12.2 Å². The molecule has 0 radical (unpaired) electrons. The normalized spacial score (nSPS) is 11.0.